The van der Waals surface area contributed by atoms with E-state index in [9.17, 15) is 14.7 Å². The van der Waals surface area contributed by atoms with Crippen LogP contribution in [0.1, 0.15) is 62.0 Å². The number of carboxylic acids is 1. The Labute approximate surface area is 216 Å². The Hall–Kier alpha value is -3.06. The second-order valence-electron chi connectivity index (χ2n) is 10.0. The predicted octanol–water partition coefficient (Wildman–Crippen LogP) is 6.20. The lowest BCUT2D eigenvalue weighted by molar-refractivity contribution is -0.143. The van der Waals surface area contributed by atoms with E-state index in [2.05, 4.69) is 4.57 Å². The maximum atomic E-state index is 12.6. The van der Waals surface area contributed by atoms with Gasteiger partial charge >= 0.3 is 12.1 Å². The number of fused-ring (bicyclic) bond motifs is 3. The van der Waals surface area contributed by atoms with Crippen molar-refractivity contribution in [1.29, 1.82) is 0 Å². The first-order valence-electron chi connectivity index (χ1n) is 12.7. The fourth-order valence-corrected chi connectivity index (χ4v) is 6.06. The van der Waals surface area contributed by atoms with Gasteiger partial charge in [0, 0.05) is 29.1 Å². The van der Waals surface area contributed by atoms with Crippen molar-refractivity contribution in [2.75, 3.05) is 12.0 Å². The van der Waals surface area contributed by atoms with Crippen LogP contribution in [-0.2, 0) is 28.8 Å². The number of carbonyl (C=O) groups is 2. The molecule has 1 saturated carbocycles. The zero-order valence-electron chi connectivity index (χ0n) is 20.7. The molecule has 3 aromatic rings. The van der Waals surface area contributed by atoms with E-state index in [-0.39, 0.29) is 24.1 Å². The highest BCUT2D eigenvalue weighted by Gasteiger charge is 2.34. The van der Waals surface area contributed by atoms with Crippen molar-refractivity contribution in [2.45, 2.75) is 70.4 Å². The van der Waals surface area contributed by atoms with Gasteiger partial charge < -0.3 is 14.4 Å². The summed E-state index contributed by atoms with van der Waals surface area (Å²) in [5.41, 5.74) is 5.03. The minimum Gasteiger partial charge on any atom is -0.481 e. The number of carbonyl (C=O) groups excluding carboxylic acids is 1. The fraction of sp³-hybridized carbons (Fsp3) is 0.464. The molecule has 8 heteroatoms. The van der Waals surface area contributed by atoms with Crippen LogP contribution in [0, 0.1) is 5.92 Å². The maximum absolute atomic E-state index is 12.6. The van der Waals surface area contributed by atoms with Crippen LogP contribution in [-0.4, -0.2) is 39.9 Å². The maximum Gasteiger partial charge on any atom is 0.414 e. The molecule has 1 fully saturated rings. The molecule has 1 amide bonds. The van der Waals surface area contributed by atoms with E-state index in [0.29, 0.717) is 11.4 Å². The van der Waals surface area contributed by atoms with E-state index in [1.807, 2.05) is 43.3 Å². The Morgan fingerprint density at radius 3 is 2.61 bits per heavy atom. The highest BCUT2D eigenvalue weighted by molar-refractivity contribution is 6.30. The lowest BCUT2D eigenvalue weighted by Gasteiger charge is -2.34. The minimum atomic E-state index is -0.716. The lowest BCUT2D eigenvalue weighted by atomic mass is 9.85. The number of aromatic nitrogens is 2. The molecule has 1 aromatic heterocycles. The van der Waals surface area contributed by atoms with Crippen LogP contribution in [0.15, 0.2) is 36.4 Å². The standard InChI is InChI=1S/C28H32ClN3O4/c1-17-6-12-22-23(31(17)28(35)36-2)13-14-24-26(22)30-25(15-9-18-7-10-20(29)11-8-18)32(24)21-5-3-4-19(16-21)27(33)34/h7-8,10-11,13-14,17,19,21H,3-6,9,12,15-16H2,1-2H3,(H,33,34)/t17?,19-,21-/m1/s1. The third-order valence-corrected chi connectivity index (χ3v) is 8.06. The zero-order valence-corrected chi connectivity index (χ0v) is 21.5. The number of benzene rings is 2. The Morgan fingerprint density at radius 2 is 1.89 bits per heavy atom. The average Bonchev–Trinajstić information content (AvgIpc) is 3.26. The molecule has 0 bridgehead atoms. The van der Waals surface area contributed by atoms with Crippen molar-refractivity contribution in [2.24, 2.45) is 5.92 Å². The van der Waals surface area contributed by atoms with Crippen LogP contribution in [0.25, 0.3) is 11.0 Å². The second-order valence-corrected chi connectivity index (χ2v) is 10.5. The Balaban J connectivity index is 1.59. The van der Waals surface area contributed by atoms with E-state index in [4.69, 9.17) is 21.3 Å². The third-order valence-electron chi connectivity index (χ3n) is 7.81. The summed E-state index contributed by atoms with van der Waals surface area (Å²) in [6.07, 6.45) is 6.00. The molecule has 1 unspecified atom stereocenters. The third kappa shape index (κ3) is 4.57. The molecule has 2 aromatic carbocycles. The summed E-state index contributed by atoms with van der Waals surface area (Å²) in [4.78, 5) is 31.3. The smallest absolute Gasteiger partial charge is 0.414 e. The lowest BCUT2D eigenvalue weighted by Crippen LogP contribution is -2.42. The molecule has 2 heterocycles. The van der Waals surface area contributed by atoms with Crippen LogP contribution in [0.3, 0.4) is 0 Å². The number of halogens is 1. The summed E-state index contributed by atoms with van der Waals surface area (Å²) in [5, 5.41) is 10.4. The molecule has 1 aliphatic carbocycles. The Morgan fingerprint density at radius 1 is 1.11 bits per heavy atom. The first kappa shape index (κ1) is 24.6. The molecule has 1 N–H and O–H groups in total. The molecule has 1 aliphatic heterocycles. The van der Waals surface area contributed by atoms with Crippen molar-refractivity contribution < 1.29 is 19.4 Å². The molecular weight excluding hydrogens is 478 g/mol. The van der Waals surface area contributed by atoms with Crippen molar-refractivity contribution in [1.82, 2.24) is 9.55 Å². The van der Waals surface area contributed by atoms with Crippen molar-refractivity contribution in [3.63, 3.8) is 0 Å². The van der Waals surface area contributed by atoms with Gasteiger partial charge in [-0.1, -0.05) is 30.2 Å². The number of rotatable bonds is 5. The number of amides is 1. The van der Waals surface area contributed by atoms with Crippen molar-refractivity contribution >= 4 is 40.4 Å². The molecule has 7 nitrogen and oxygen atoms in total. The first-order valence-corrected chi connectivity index (χ1v) is 13.1. The summed E-state index contributed by atoms with van der Waals surface area (Å²) in [7, 11) is 1.41. The summed E-state index contributed by atoms with van der Waals surface area (Å²) in [6.45, 7) is 2.04. The van der Waals surface area contributed by atoms with Gasteiger partial charge in [0.15, 0.2) is 0 Å². The number of ether oxygens (including phenoxy) is 1. The van der Waals surface area contributed by atoms with Crippen LogP contribution in [0.4, 0.5) is 10.5 Å². The van der Waals surface area contributed by atoms with E-state index in [1.165, 1.54) is 12.7 Å². The highest BCUT2D eigenvalue weighted by atomic mass is 35.5. The molecule has 0 saturated heterocycles. The van der Waals surface area contributed by atoms with Crippen LogP contribution >= 0.6 is 11.6 Å². The Kier molecular flexibility index (Phi) is 6.93. The largest absolute Gasteiger partial charge is 0.481 e. The van der Waals surface area contributed by atoms with Gasteiger partial charge in [-0.2, -0.15) is 0 Å². The number of hydrogen-bond donors (Lipinski definition) is 1. The molecular formula is C28H32ClN3O4. The number of aryl methyl sites for hydroxylation is 3. The van der Waals surface area contributed by atoms with E-state index >= 15 is 0 Å². The zero-order chi connectivity index (χ0) is 25.4. The second kappa shape index (κ2) is 10.1. The molecule has 2 aliphatic rings. The average molecular weight is 510 g/mol. The summed E-state index contributed by atoms with van der Waals surface area (Å²) in [6, 6.07) is 12.1. The van der Waals surface area contributed by atoms with Crippen LogP contribution in [0.2, 0.25) is 5.02 Å². The SMILES string of the molecule is COC(=O)N1c2ccc3c(nc(CCc4ccc(Cl)cc4)n3[C@@H]3CCC[C@@H](C(=O)O)C3)c2CCC1C. The van der Waals surface area contributed by atoms with E-state index in [1.54, 1.807) is 4.90 Å². The van der Waals surface area contributed by atoms with Crippen molar-refractivity contribution in [3.05, 3.63) is 58.4 Å². The molecule has 0 radical (unpaired) electrons. The van der Waals surface area contributed by atoms with Gasteiger partial charge in [0.1, 0.15) is 5.82 Å². The predicted molar refractivity (Wildman–Crippen MR) is 140 cm³/mol. The molecule has 3 atom stereocenters. The molecule has 5 rings (SSSR count). The topological polar surface area (TPSA) is 84.7 Å². The summed E-state index contributed by atoms with van der Waals surface area (Å²) < 4.78 is 7.37. The number of nitrogens with zero attached hydrogens (tertiary/aromatic N) is 3. The minimum absolute atomic E-state index is 0.0449. The normalized spacial score (nSPS) is 21.9. The van der Waals surface area contributed by atoms with Gasteiger partial charge in [0.05, 0.1) is 29.7 Å². The summed E-state index contributed by atoms with van der Waals surface area (Å²) in [5.74, 6) is -0.0850. The number of aliphatic carboxylic acids is 1. The number of imidazole rings is 1. The number of methoxy groups -OCH3 is 1. The van der Waals surface area contributed by atoms with Gasteiger partial charge in [0.25, 0.3) is 0 Å². The van der Waals surface area contributed by atoms with Gasteiger partial charge in [0.2, 0.25) is 0 Å². The van der Waals surface area contributed by atoms with Gasteiger partial charge in [-0.15, -0.1) is 0 Å². The van der Waals surface area contributed by atoms with Gasteiger partial charge in [-0.25, -0.2) is 9.78 Å². The van der Waals surface area contributed by atoms with Crippen molar-refractivity contribution in [3.8, 4) is 0 Å². The molecule has 190 valence electrons. The quantitative estimate of drug-likeness (QED) is 0.442. The fourth-order valence-electron chi connectivity index (χ4n) is 5.94. The Bertz CT molecular complexity index is 1290. The highest BCUT2D eigenvalue weighted by Crippen LogP contribution is 2.40. The van der Waals surface area contributed by atoms with Gasteiger partial charge in [-0.05, 0) is 75.3 Å². The van der Waals surface area contributed by atoms with E-state index < -0.39 is 5.97 Å². The number of hydrogen-bond acceptors (Lipinski definition) is 4. The van der Waals surface area contributed by atoms with Crippen LogP contribution < -0.4 is 4.90 Å². The molecule has 36 heavy (non-hydrogen) atoms. The van der Waals surface area contributed by atoms with E-state index in [0.717, 1.165) is 73.1 Å². The number of anilines is 1. The first-order chi connectivity index (χ1) is 17.4. The molecule has 0 spiro atoms. The van der Waals surface area contributed by atoms with Crippen LogP contribution in [0.5, 0.6) is 0 Å². The monoisotopic (exact) mass is 509 g/mol. The number of carboxylic acid groups (broad SMARTS) is 1. The summed E-state index contributed by atoms with van der Waals surface area (Å²) >= 11 is 6.07. The van der Waals surface area contributed by atoms with Gasteiger partial charge in [-0.3, -0.25) is 9.69 Å².